The van der Waals surface area contributed by atoms with Crippen molar-refractivity contribution in [3.8, 4) is 11.8 Å². The van der Waals surface area contributed by atoms with E-state index in [1.54, 1.807) is 0 Å². The summed E-state index contributed by atoms with van der Waals surface area (Å²) >= 11 is 3.02. The maximum Gasteiger partial charge on any atom is 0.194 e. The molecule has 0 N–H and O–H groups in total. The van der Waals surface area contributed by atoms with E-state index >= 15 is 0 Å². The molecule has 0 spiro atoms. The smallest absolute Gasteiger partial charge is 0.194 e. The second-order valence-corrected chi connectivity index (χ2v) is 2.75. The minimum Gasteiger partial charge on any atom is -0.204 e. The van der Waals surface area contributed by atoms with E-state index in [1.165, 1.54) is 0 Å². The first-order chi connectivity index (χ1) is 6.15. The average molecular weight is 249 g/mol. The van der Waals surface area contributed by atoms with Crippen LogP contribution < -0.4 is 0 Å². The Labute approximate surface area is 81.9 Å². The van der Waals surface area contributed by atoms with Crippen LogP contribution in [0.2, 0.25) is 0 Å². The number of hydrogen-bond donors (Lipinski definition) is 0. The Morgan fingerprint density at radius 2 is 1.69 bits per heavy atom. The Morgan fingerprint density at radius 3 is 2.15 bits per heavy atom. The predicted octanol–water partition coefficient (Wildman–Crippen LogP) is 2.85. The zero-order valence-corrected chi connectivity index (χ0v) is 7.96. The lowest BCUT2D eigenvalue weighted by atomic mass is 10.2. The van der Waals surface area contributed by atoms with E-state index in [4.69, 9.17) is 0 Å². The molecular formula is C9H4BrF3. The molecule has 0 amide bonds. The van der Waals surface area contributed by atoms with Gasteiger partial charge in [0.25, 0.3) is 0 Å². The first kappa shape index (κ1) is 10.1. The highest BCUT2D eigenvalue weighted by atomic mass is 79.9. The Bertz CT molecular complexity index is 353. The van der Waals surface area contributed by atoms with Gasteiger partial charge in [-0.2, -0.15) is 0 Å². The lowest BCUT2D eigenvalue weighted by Gasteiger charge is -1.95. The molecule has 68 valence electrons. The number of halogens is 4. The van der Waals surface area contributed by atoms with Crippen molar-refractivity contribution in [2.45, 2.75) is 0 Å². The zero-order valence-electron chi connectivity index (χ0n) is 6.37. The fourth-order valence-corrected chi connectivity index (χ4v) is 0.903. The molecule has 13 heavy (non-hydrogen) atoms. The van der Waals surface area contributed by atoms with Gasteiger partial charge in [0.15, 0.2) is 17.5 Å². The van der Waals surface area contributed by atoms with Crippen molar-refractivity contribution >= 4 is 15.9 Å². The minimum atomic E-state index is -1.47. The number of alkyl halides is 1. The van der Waals surface area contributed by atoms with Crippen LogP contribution in [0.5, 0.6) is 0 Å². The molecular weight excluding hydrogens is 245 g/mol. The summed E-state index contributed by atoms with van der Waals surface area (Å²) in [5, 5.41) is 0.396. The van der Waals surface area contributed by atoms with Crippen LogP contribution in [0.25, 0.3) is 0 Å². The second kappa shape index (κ2) is 4.33. The topological polar surface area (TPSA) is 0 Å². The zero-order chi connectivity index (χ0) is 9.84. The molecule has 1 aromatic rings. The molecule has 0 aliphatic heterocycles. The van der Waals surface area contributed by atoms with Gasteiger partial charge in [0.2, 0.25) is 0 Å². The summed E-state index contributed by atoms with van der Waals surface area (Å²) in [5.74, 6) is 1.09. The lowest BCUT2D eigenvalue weighted by molar-refractivity contribution is 0.446. The van der Waals surface area contributed by atoms with Crippen LogP contribution in [0.4, 0.5) is 13.2 Å². The third-order valence-electron chi connectivity index (χ3n) is 1.28. The van der Waals surface area contributed by atoms with Crippen molar-refractivity contribution in [2.75, 3.05) is 5.33 Å². The minimum absolute atomic E-state index is 0.121. The average Bonchev–Trinajstić information content (AvgIpc) is 2.10. The van der Waals surface area contributed by atoms with E-state index < -0.39 is 17.5 Å². The Balaban J connectivity index is 3.13. The van der Waals surface area contributed by atoms with Crippen LogP contribution in [0.15, 0.2) is 12.1 Å². The highest BCUT2D eigenvalue weighted by Gasteiger charge is 2.08. The summed E-state index contributed by atoms with van der Waals surface area (Å²) in [7, 11) is 0. The van der Waals surface area contributed by atoms with E-state index in [2.05, 4.69) is 27.8 Å². The maximum atomic E-state index is 12.6. The van der Waals surface area contributed by atoms with Gasteiger partial charge < -0.3 is 0 Å². The fourth-order valence-electron chi connectivity index (χ4n) is 0.763. The molecule has 0 unspecified atom stereocenters. The summed E-state index contributed by atoms with van der Waals surface area (Å²) in [6, 6.07) is 1.71. The normalized spacial score (nSPS) is 9.23. The predicted molar refractivity (Wildman–Crippen MR) is 47.0 cm³/mol. The van der Waals surface area contributed by atoms with Crippen molar-refractivity contribution in [1.29, 1.82) is 0 Å². The van der Waals surface area contributed by atoms with Crippen LogP contribution in [0.3, 0.4) is 0 Å². The van der Waals surface area contributed by atoms with Crippen molar-refractivity contribution in [3.05, 3.63) is 35.1 Å². The van der Waals surface area contributed by atoms with Crippen LogP contribution >= 0.6 is 15.9 Å². The van der Waals surface area contributed by atoms with Crippen LogP contribution in [-0.4, -0.2) is 5.33 Å². The van der Waals surface area contributed by atoms with Crippen LogP contribution in [0.1, 0.15) is 5.56 Å². The van der Waals surface area contributed by atoms with Crippen molar-refractivity contribution < 1.29 is 13.2 Å². The summed E-state index contributed by atoms with van der Waals surface area (Å²) in [4.78, 5) is 0. The molecule has 0 aromatic heterocycles. The highest BCUT2D eigenvalue weighted by Crippen LogP contribution is 2.12. The molecule has 0 saturated carbocycles. The third kappa shape index (κ3) is 2.49. The Morgan fingerprint density at radius 1 is 1.15 bits per heavy atom. The SMILES string of the molecule is Fc1cc(C#CCBr)cc(F)c1F. The van der Waals surface area contributed by atoms with Gasteiger partial charge in [-0.25, -0.2) is 13.2 Å². The summed E-state index contributed by atoms with van der Waals surface area (Å²) < 4.78 is 37.6. The van der Waals surface area contributed by atoms with Crippen LogP contribution in [-0.2, 0) is 0 Å². The Hall–Kier alpha value is -0.950. The molecule has 0 radical (unpaired) electrons. The Kier molecular flexibility index (Phi) is 3.38. The van der Waals surface area contributed by atoms with Gasteiger partial charge in [-0.3, -0.25) is 0 Å². The van der Waals surface area contributed by atoms with E-state index in [9.17, 15) is 13.2 Å². The van der Waals surface area contributed by atoms with Gasteiger partial charge in [-0.05, 0) is 12.1 Å². The van der Waals surface area contributed by atoms with E-state index in [-0.39, 0.29) is 5.56 Å². The molecule has 0 heterocycles. The summed E-state index contributed by atoms with van der Waals surface area (Å²) in [5.41, 5.74) is 0.121. The third-order valence-corrected chi connectivity index (χ3v) is 1.56. The number of rotatable bonds is 0. The van der Waals surface area contributed by atoms with E-state index in [0.29, 0.717) is 5.33 Å². The van der Waals surface area contributed by atoms with Crippen molar-refractivity contribution in [2.24, 2.45) is 0 Å². The van der Waals surface area contributed by atoms with Gasteiger partial charge in [0, 0.05) is 5.56 Å². The highest BCUT2D eigenvalue weighted by molar-refractivity contribution is 9.09. The molecule has 1 aromatic carbocycles. The molecule has 0 atom stereocenters. The first-order valence-electron chi connectivity index (χ1n) is 3.34. The lowest BCUT2D eigenvalue weighted by Crippen LogP contribution is -1.91. The molecule has 0 fully saturated rings. The molecule has 0 nitrogen and oxygen atoms in total. The van der Waals surface area contributed by atoms with Crippen molar-refractivity contribution in [3.63, 3.8) is 0 Å². The van der Waals surface area contributed by atoms with Gasteiger partial charge in [-0.1, -0.05) is 27.8 Å². The van der Waals surface area contributed by atoms with Gasteiger partial charge in [0.1, 0.15) is 0 Å². The van der Waals surface area contributed by atoms with Crippen LogP contribution in [0, 0.1) is 29.3 Å². The summed E-state index contributed by atoms with van der Waals surface area (Å²) in [6.07, 6.45) is 0. The quantitative estimate of drug-likeness (QED) is 0.376. The molecule has 0 saturated heterocycles. The fraction of sp³-hybridized carbons (Fsp3) is 0.111. The molecule has 0 aliphatic carbocycles. The standard InChI is InChI=1S/C9H4BrF3/c10-3-1-2-6-4-7(11)9(13)8(12)5-6/h4-5H,3H2. The molecule has 0 bridgehead atoms. The molecule has 4 heteroatoms. The second-order valence-electron chi connectivity index (χ2n) is 2.19. The van der Waals surface area contributed by atoms with Gasteiger partial charge in [-0.15, -0.1) is 0 Å². The number of hydrogen-bond acceptors (Lipinski definition) is 0. The maximum absolute atomic E-state index is 12.6. The molecule has 1 rings (SSSR count). The number of benzene rings is 1. The first-order valence-corrected chi connectivity index (χ1v) is 4.46. The summed E-state index contributed by atoms with van der Waals surface area (Å²) in [6.45, 7) is 0. The van der Waals surface area contributed by atoms with Crippen molar-refractivity contribution in [1.82, 2.24) is 0 Å². The monoisotopic (exact) mass is 248 g/mol. The largest absolute Gasteiger partial charge is 0.204 e. The molecule has 0 aliphatic rings. The van der Waals surface area contributed by atoms with Gasteiger partial charge in [0.05, 0.1) is 5.33 Å². The van der Waals surface area contributed by atoms with Gasteiger partial charge >= 0.3 is 0 Å². The van der Waals surface area contributed by atoms with E-state index in [0.717, 1.165) is 12.1 Å². The van der Waals surface area contributed by atoms with E-state index in [1.807, 2.05) is 0 Å².